The molecule has 0 bridgehead atoms. The number of hydrogen-bond acceptors (Lipinski definition) is 3. The predicted octanol–water partition coefficient (Wildman–Crippen LogP) is 0.339. The van der Waals surface area contributed by atoms with Crippen molar-refractivity contribution in [2.75, 3.05) is 0 Å². The van der Waals surface area contributed by atoms with Crippen LogP contribution in [0.2, 0.25) is 0 Å². The zero-order valence-electron chi connectivity index (χ0n) is 9.49. The Morgan fingerprint density at radius 2 is 1.93 bits per heavy atom. The number of rotatable bonds is 6. The Hall–Kier alpha value is -1.10. The largest absolute Gasteiger partial charge is 0.481 e. The van der Waals surface area contributed by atoms with E-state index in [1.807, 2.05) is 13.8 Å². The van der Waals surface area contributed by atoms with Crippen molar-refractivity contribution in [3.8, 4) is 0 Å². The average Bonchev–Trinajstić information content (AvgIpc) is 2.13. The highest BCUT2D eigenvalue weighted by molar-refractivity contribution is 5.82. The van der Waals surface area contributed by atoms with Crippen LogP contribution >= 0.6 is 0 Å². The summed E-state index contributed by atoms with van der Waals surface area (Å²) in [7, 11) is 0. The molecule has 0 aromatic carbocycles. The molecule has 4 N–H and O–H groups in total. The Labute approximate surface area is 90.0 Å². The number of carbonyl (C=O) groups is 2. The number of carboxylic acids is 1. The normalized spacial score (nSPS) is 16.5. The quantitative estimate of drug-likeness (QED) is 0.597. The van der Waals surface area contributed by atoms with Gasteiger partial charge in [-0.15, -0.1) is 0 Å². The van der Waals surface area contributed by atoms with Crippen molar-refractivity contribution in [1.29, 1.82) is 0 Å². The minimum Gasteiger partial charge on any atom is -0.481 e. The van der Waals surface area contributed by atoms with Crippen LogP contribution in [0.5, 0.6) is 0 Å². The van der Waals surface area contributed by atoms with Crippen LogP contribution in [0.25, 0.3) is 0 Å². The third-order valence-corrected chi connectivity index (χ3v) is 2.43. The molecule has 15 heavy (non-hydrogen) atoms. The van der Waals surface area contributed by atoms with Crippen LogP contribution in [0, 0.1) is 5.92 Å². The van der Waals surface area contributed by atoms with Crippen molar-refractivity contribution in [2.45, 2.75) is 45.7 Å². The Bertz CT molecular complexity index is 231. The molecular formula is C10H20N2O3. The van der Waals surface area contributed by atoms with E-state index < -0.39 is 12.0 Å². The fourth-order valence-corrected chi connectivity index (χ4v) is 1.16. The van der Waals surface area contributed by atoms with E-state index in [2.05, 4.69) is 5.32 Å². The molecule has 0 saturated carbocycles. The summed E-state index contributed by atoms with van der Waals surface area (Å²) >= 11 is 0. The van der Waals surface area contributed by atoms with E-state index in [0.717, 1.165) is 6.42 Å². The molecule has 0 aromatic rings. The standard InChI is InChI=1S/C10H20N2O3/c1-4-6(2)9(11)10(15)12-7(3)5-8(13)14/h6-7,9H,4-5,11H2,1-3H3,(H,12,15)(H,13,14)/t6-,7?,9-/m0/s1. The molecule has 0 aliphatic carbocycles. The van der Waals surface area contributed by atoms with E-state index in [9.17, 15) is 9.59 Å². The number of hydrogen-bond donors (Lipinski definition) is 3. The van der Waals surface area contributed by atoms with Gasteiger partial charge in [-0.05, 0) is 12.8 Å². The smallest absolute Gasteiger partial charge is 0.305 e. The highest BCUT2D eigenvalue weighted by atomic mass is 16.4. The first-order valence-corrected chi connectivity index (χ1v) is 5.16. The molecule has 5 nitrogen and oxygen atoms in total. The number of carbonyl (C=O) groups excluding carboxylic acids is 1. The van der Waals surface area contributed by atoms with Crippen LogP contribution in [0.15, 0.2) is 0 Å². The van der Waals surface area contributed by atoms with Gasteiger partial charge in [-0.25, -0.2) is 0 Å². The van der Waals surface area contributed by atoms with E-state index in [4.69, 9.17) is 10.8 Å². The Morgan fingerprint density at radius 3 is 2.33 bits per heavy atom. The van der Waals surface area contributed by atoms with Crippen molar-refractivity contribution in [1.82, 2.24) is 5.32 Å². The van der Waals surface area contributed by atoms with Crippen molar-refractivity contribution in [3.05, 3.63) is 0 Å². The summed E-state index contributed by atoms with van der Waals surface area (Å²) in [6, 6.07) is -0.948. The van der Waals surface area contributed by atoms with Crippen molar-refractivity contribution >= 4 is 11.9 Å². The van der Waals surface area contributed by atoms with Gasteiger partial charge < -0.3 is 16.2 Å². The van der Waals surface area contributed by atoms with Crippen LogP contribution in [-0.4, -0.2) is 29.1 Å². The number of carboxylic acid groups (broad SMARTS) is 1. The van der Waals surface area contributed by atoms with E-state index in [1.54, 1.807) is 6.92 Å². The first-order valence-electron chi connectivity index (χ1n) is 5.16. The molecule has 1 unspecified atom stereocenters. The van der Waals surface area contributed by atoms with E-state index in [1.165, 1.54) is 0 Å². The van der Waals surface area contributed by atoms with Gasteiger partial charge in [0.15, 0.2) is 0 Å². The monoisotopic (exact) mass is 216 g/mol. The minimum absolute atomic E-state index is 0.0844. The molecular weight excluding hydrogens is 196 g/mol. The number of amides is 1. The summed E-state index contributed by atoms with van der Waals surface area (Å²) in [6.45, 7) is 5.50. The first-order chi connectivity index (χ1) is 6.88. The molecule has 0 rings (SSSR count). The molecule has 88 valence electrons. The molecule has 3 atom stereocenters. The molecule has 1 amide bonds. The van der Waals surface area contributed by atoms with Crippen LogP contribution in [0.3, 0.4) is 0 Å². The van der Waals surface area contributed by atoms with Crippen molar-refractivity contribution in [2.24, 2.45) is 11.7 Å². The topological polar surface area (TPSA) is 92.4 Å². The molecule has 0 aliphatic rings. The van der Waals surface area contributed by atoms with Gasteiger partial charge in [0, 0.05) is 6.04 Å². The molecule has 0 fully saturated rings. The maximum atomic E-state index is 11.5. The van der Waals surface area contributed by atoms with Gasteiger partial charge in [-0.1, -0.05) is 20.3 Å². The third-order valence-electron chi connectivity index (χ3n) is 2.43. The lowest BCUT2D eigenvalue weighted by Gasteiger charge is -2.20. The maximum absolute atomic E-state index is 11.5. The third kappa shape index (κ3) is 5.37. The summed E-state index contributed by atoms with van der Waals surface area (Å²) in [4.78, 5) is 21.9. The van der Waals surface area contributed by atoms with E-state index in [-0.39, 0.29) is 24.3 Å². The second-order valence-corrected chi connectivity index (χ2v) is 3.92. The van der Waals surface area contributed by atoms with Gasteiger partial charge in [0.25, 0.3) is 0 Å². The zero-order valence-corrected chi connectivity index (χ0v) is 9.49. The van der Waals surface area contributed by atoms with Crippen molar-refractivity contribution < 1.29 is 14.7 Å². The summed E-state index contributed by atoms with van der Waals surface area (Å²) in [6.07, 6.45) is 0.737. The van der Waals surface area contributed by atoms with Crippen molar-refractivity contribution in [3.63, 3.8) is 0 Å². The number of nitrogens with two attached hydrogens (primary N) is 1. The van der Waals surface area contributed by atoms with Gasteiger partial charge in [-0.2, -0.15) is 0 Å². The zero-order chi connectivity index (χ0) is 12.0. The van der Waals surface area contributed by atoms with Crippen LogP contribution < -0.4 is 11.1 Å². The highest BCUT2D eigenvalue weighted by Gasteiger charge is 2.21. The summed E-state index contributed by atoms with van der Waals surface area (Å²) < 4.78 is 0. The first kappa shape index (κ1) is 13.9. The molecule has 0 saturated heterocycles. The fourth-order valence-electron chi connectivity index (χ4n) is 1.16. The molecule has 0 aliphatic heterocycles. The Kier molecular flexibility index (Phi) is 5.93. The molecule has 0 spiro atoms. The van der Waals surface area contributed by atoms with Crippen LogP contribution in [0.1, 0.15) is 33.6 Å². The van der Waals surface area contributed by atoms with Crippen LogP contribution in [-0.2, 0) is 9.59 Å². The molecule has 5 heteroatoms. The Balaban J connectivity index is 4.06. The summed E-state index contributed by atoms with van der Waals surface area (Å²) in [5, 5.41) is 11.1. The molecule has 0 heterocycles. The highest BCUT2D eigenvalue weighted by Crippen LogP contribution is 2.05. The van der Waals surface area contributed by atoms with Gasteiger partial charge in [-0.3, -0.25) is 9.59 Å². The van der Waals surface area contributed by atoms with E-state index >= 15 is 0 Å². The lowest BCUT2D eigenvalue weighted by molar-refractivity contribution is -0.137. The number of nitrogens with one attached hydrogen (secondary N) is 1. The Morgan fingerprint density at radius 1 is 1.40 bits per heavy atom. The fraction of sp³-hybridized carbons (Fsp3) is 0.800. The second kappa shape index (κ2) is 6.40. The SMILES string of the molecule is CC[C@H](C)[C@H](N)C(=O)NC(C)CC(=O)O. The summed E-state index contributed by atoms with van der Waals surface area (Å²) in [5.41, 5.74) is 5.69. The number of aliphatic carboxylic acids is 1. The van der Waals surface area contributed by atoms with Gasteiger partial charge in [0.1, 0.15) is 0 Å². The van der Waals surface area contributed by atoms with Gasteiger partial charge >= 0.3 is 5.97 Å². The average molecular weight is 216 g/mol. The lowest BCUT2D eigenvalue weighted by atomic mass is 9.99. The molecule has 0 aromatic heterocycles. The maximum Gasteiger partial charge on any atom is 0.305 e. The lowest BCUT2D eigenvalue weighted by Crippen LogP contribution is -2.47. The van der Waals surface area contributed by atoms with Gasteiger partial charge in [0.2, 0.25) is 5.91 Å². The van der Waals surface area contributed by atoms with Gasteiger partial charge in [0.05, 0.1) is 12.5 Å². The minimum atomic E-state index is -0.931. The molecule has 0 radical (unpaired) electrons. The summed E-state index contributed by atoms with van der Waals surface area (Å²) in [5.74, 6) is -1.11. The van der Waals surface area contributed by atoms with E-state index in [0.29, 0.717) is 0 Å². The second-order valence-electron chi connectivity index (χ2n) is 3.92. The van der Waals surface area contributed by atoms with Crippen LogP contribution in [0.4, 0.5) is 0 Å². The predicted molar refractivity (Wildman–Crippen MR) is 57.3 cm³/mol.